The largest absolute Gasteiger partial charge is 0.419 e. The molecule has 4 rings (SSSR count). The maximum Gasteiger partial charge on any atom is 0.419 e. The number of hydrogen-bond donors (Lipinski definition) is 1. The molecule has 2 heterocycles. The zero-order chi connectivity index (χ0) is 20.1. The number of halogens is 5. The SMILES string of the molecule is O=C(Nc1ccc(F)c(C(F)(F)F)c1)C1CN(c2nc3ccc(F)cc3s2)C1. The quantitative estimate of drug-likeness (QED) is 0.635. The maximum absolute atomic E-state index is 13.3. The van der Waals surface area contributed by atoms with E-state index in [0.29, 0.717) is 40.6 Å². The van der Waals surface area contributed by atoms with Crippen molar-refractivity contribution < 1.29 is 26.7 Å². The molecule has 1 N–H and O–H groups in total. The van der Waals surface area contributed by atoms with Gasteiger partial charge in [0.15, 0.2) is 5.13 Å². The zero-order valence-corrected chi connectivity index (χ0v) is 14.9. The van der Waals surface area contributed by atoms with E-state index in [1.807, 2.05) is 4.90 Å². The lowest BCUT2D eigenvalue weighted by Crippen LogP contribution is -2.52. The Kier molecular flexibility index (Phi) is 4.45. The van der Waals surface area contributed by atoms with Gasteiger partial charge in [-0.15, -0.1) is 0 Å². The summed E-state index contributed by atoms with van der Waals surface area (Å²) >= 11 is 1.30. The standard InChI is InChI=1S/C18H12F5N3OS/c19-10-1-4-14-15(5-10)28-17(25-14)26-7-9(8-26)16(27)24-11-2-3-13(20)12(6-11)18(21,22)23/h1-6,9H,7-8H2,(H,24,27). The highest BCUT2D eigenvalue weighted by atomic mass is 32.1. The Morgan fingerprint density at radius 3 is 2.61 bits per heavy atom. The van der Waals surface area contributed by atoms with Crippen molar-refractivity contribution in [3.05, 3.63) is 53.6 Å². The van der Waals surface area contributed by atoms with Crippen LogP contribution < -0.4 is 10.2 Å². The van der Waals surface area contributed by atoms with E-state index in [2.05, 4.69) is 10.3 Å². The van der Waals surface area contributed by atoms with Crippen LogP contribution in [0.4, 0.5) is 32.8 Å². The zero-order valence-electron chi connectivity index (χ0n) is 14.1. The molecule has 1 amide bonds. The minimum absolute atomic E-state index is 0.118. The fraction of sp³-hybridized carbons (Fsp3) is 0.222. The molecule has 28 heavy (non-hydrogen) atoms. The van der Waals surface area contributed by atoms with Crippen molar-refractivity contribution in [3.8, 4) is 0 Å². The molecule has 4 nitrogen and oxygen atoms in total. The molecular formula is C18H12F5N3OS. The number of thiazole rings is 1. The third kappa shape index (κ3) is 3.51. The first kappa shape index (κ1) is 18.6. The summed E-state index contributed by atoms with van der Waals surface area (Å²) in [5, 5.41) is 3.04. The summed E-state index contributed by atoms with van der Waals surface area (Å²) in [6.07, 6.45) is -4.84. The van der Waals surface area contributed by atoms with Gasteiger partial charge in [0, 0.05) is 18.8 Å². The molecular weight excluding hydrogens is 401 g/mol. The number of hydrogen-bond acceptors (Lipinski definition) is 4. The molecule has 0 atom stereocenters. The fourth-order valence-electron chi connectivity index (χ4n) is 2.89. The van der Waals surface area contributed by atoms with Gasteiger partial charge in [-0.25, -0.2) is 13.8 Å². The van der Waals surface area contributed by atoms with Crippen molar-refractivity contribution in [2.24, 2.45) is 5.92 Å². The molecule has 1 aliphatic heterocycles. The smallest absolute Gasteiger partial charge is 0.346 e. The minimum atomic E-state index is -4.84. The van der Waals surface area contributed by atoms with Crippen LogP contribution in [-0.4, -0.2) is 24.0 Å². The Hall–Kier alpha value is -2.75. The number of carbonyl (C=O) groups is 1. The molecule has 146 valence electrons. The monoisotopic (exact) mass is 413 g/mol. The van der Waals surface area contributed by atoms with Gasteiger partial charge in [0.1, 0.15) is 11.6 Å². The van der Waals surface area contributed by atoms with E-state index in [9.17, 15) is 26.7 Å². The Morgan fingerprint density at radius 2 is 1.89 bits per heavy atom. The Bertz CT molecular complexity index is 1060. The summed E-state index contributed by atoms with van der Waals surface area (Å²) in [4.78, 5) is 18.5. The van der Waals surface area contributed by atoms with E-state index in [-0.39, 0.29) is 11.5 Å². The Balaban J connectivity index is 1.41. The van der Waals surface area contributed by atoms with Crippen molar-refractivity contribution in [1.82, 2.24) is 4.98 Å². The van der Waals surface area contributed by atoms with Crippen molar-refractivity contribution >= 4 is 38.3 Å². The van der Waals surface area contributed by atoms with E-state index in [0.717, 1.165) is 6.07 Å². The molecule has 2 aromatic carbocycles. The number of nitrogens with zero attached hydrogens (tertiary/aromatic N) is 2. The number of alkyl halides is 3. The fourth-order valence-corrected chi connectivity index (χ4v) is 3.90. The molecule has 0 aliphatic carbocycles. The molecule has 1 saturated heterocycles. The second kappa shape index (κ2) is 6.69. The lowest BCUT2D eigenvalue weighted by molar-refractivity contribution is -0.140. The van der Waals surface area contributed by atoms with Crippen LogP contribution in [0.3, 0.4) is 0 Å². The van der Waals surface area contributed by atoms with Crippen molar-refractivity contribution in [2.45, 2.75) is 6.18 Å². The van der Waals surface area contributed by atoms with Gasteiger partial charge in [0.25, 0.3) is 0 Å². The average molecular weight is 413 g/mol. The van der Waals surface area contributed by atoms with Gasteiger partial charge >= 0.3 is 6.18 Å². The molecule has 0 bridgehead atoms. The maximum atomic E-state index is 13.3. The first-order chi connectivity index (χ1) is 13.2. The molecule has 1 fully saturated rings. The van der Waals surface area contributed by atoms with Gasteiger partial charge in [0.05, 0.1) is 21.7 Å². The molecule has 1 aliphatic rings. The van der Waals surface area contributed by atoms with Gasteiger partial charge in [-0.05, 0) is 36.4 Å². The lowest BCUT2D eigenvalue weighted by atomic mass is 10.00. The van der Waals surface area contributed by atoms with Gasteiger partial charge < -0.3 is 10.2 Å². The van der Waals surface area contributed by atoms with Crippen LogP contribution >= 0.6 is 11.3 Å². The van der Waals surface area contributed by atoms with Crippen LogP contribution in [0.15, 0.2) is 36.4 Å². The van der Waals surface area contributed by atoms with Crippen LogP contribution in [-0.2, 0) is 11.0 Å². The number of benzene rings is 2. The number of fused-ring (bicyclic) bond motifs is 1. The predicted octanol–water partition coefficient (Wildman–Crippen LogP) is 4.67. The average Bonchev–Trinajstić information content (AvgIpc) is 2.96. The second-order valence-electron chi connectivity index (χ2n) is 6.39. The van der Waals surface area contributed by atoms with Crippen LogP contribution in [0.2, 0.25) is 0 Å². The normalized spacial score (nSPS) is 15.0. The predicted molar refractivity (Wildman–Crippen MR) is 95.3 cm³/mol. The minimum Gasteiger partial charge on any atom is -0.346 e. The van der Waals surface area contributed by atoms with Gasteiger partial charge in [-0.3, -0.25) is 4.79 Å². The molecule has 1 aromatic heterocycles. The summed E-state index contributed by atoms with van der Waals surface area (Å²) in [7, 11) is 0. The summed E-state index contributed by atoms with van der Waals surface area (Å²) in [6, 6.07) is 6.60. The summed E-state index contributed by atoms with van der Waals surface area (Å²) in [5.74, 6) is -2.65. The lowest BCUT2D eigenvalue weighted by Gasteiger charge is -2.37. The number of nitrogens with one attached hydrogen (secondary N) is 1. The van der Waals surface area contributed by atoms with Crippen LogP contribution in [0.1, 0.15) is 5.56 Å². The second-order valence-corrected chi connectivity index (χ2v) is 7.40. The van der Waals surface area contributed by atoms with E-state index in [1.165, 1.54) is 23.5 Å². The molecule has 3 aromatic rings. The van der Waals surface area contributed by atoms with Crippen LogP contribution in [0.5, 0.6) is 0 Å². The summed E-state index contributed by atoms with van der Waals surface area (Å²) in [6.45, 7) is 0.670. The number of amides is 1. The van der Waals surface area contributed by atoms with Crippen LogP contribution in [0, 0.1) is 17.6 Å². The Labute approximate surface area is 159 Å². The van der Waals surface area contributed by atoms with Crippen LogP contribution in [0.25, 0.3) is 10.2 Å². The summed E-state index contributed by atoms with van der Waals surface area (Å²) in [5.41, 5.74) is -0.893. The highest BCUT2D eigenvalue weighted by molar-refractivity contribution is 7.22. The number of aromatic nitrogens is 1. The van der Waals surface area contributed by atoms with Gasteiger partial charge in [-0.1, -0.05) is 11.3 Å². The summed E-state index contributed by atoms with van der Waals surface area (Å²) < 4.78 is 65.6. The molecule has 0 unspecified atom stereocenters. The van der Waals surface area contributed by atoms with E-state index in [4.69, 9.17) is 0 Å². The third-order valence-electron chi connectivity index (χ3n) is 4.40. The number of anilines is 2. The third-order valence-corrected chi connectivity index (χ3v) is 5.48. The van der Waals surface area contributed by atoms with Gasteiger partial charge in [-0.2, -0.15) is 13.2 Å². The van der Waals surface area contributed by atoms with E-state index in [1.54, 1.807) is 6.07 Å². The molecule has 0 radical (unpaired) electrons. The Morgan fingerprint density at radius 1 is 1.14 bits per heavy atom. The van der Waals surface area contributed by atoms with Crippen molar-refractivity contribution in [3.63, 3.8) is 0 Å². The van der Waals surface area contributed by atoms with E-state index >= 15 is 0 Å². The number of rotatable bonds is 3. The molecule has 0 spiro atoms. The first-order valence-electron chi connectivity index (χ1n) is 8.19. The molecule has 0 saturated carbocycles. The highest BCUT2D eigenvalue weighted by Gasteiger charge is 2.36. The highest BCUT2D eigenvalue weighted by Crippen LogP contribution is 2.35. The molecule has 10 heteroatoms. The van der Waals surface area contributed by atoms with Gasteiger partial charge in [0.2, 0.25) is 5.91 Å². The van der Waals surface area contributed by atoms with Crippen molar-refractivity contribution in [2.75, 3.05) is 23.3 Å². The first-order valence-corrected chi connectivity index (χ1v) is 9.01. The van der Waals surface area contributed by atoms with E-state index < -0.39 is 29.4 Å². The topological polar surface area (TPSA) is 45.2 Å². The van der Waals surface area contributed by atoms with Crippen molar-refractivity contribution in [1.29, 1.82) is 0 Å². The number of carbonyl (C=O) groups excluding carboxylic acids is 1.